The Morgan fingerprint density at radius 1 is 1.30 bits per heavy atom. The zero-order valence-electron chi connectivity index (χ0n) is 11.9. The van der Waals surface area contributed by atoms with Gasteiger partial charge >= 0.3 is 0 Å². The first-order valence-corrected chi connectivity index (χ1v) is 6.96. The number of halogens is 1. The molecule has 5 heteroatoms. The standard InChI is InChI=1S/C15H18ClN3O/c1-4-6-10-9-13(17-2)19-15(18-10)14-11(16)7-5-8-12(14)20-3/h5,7-9H,4,6H2,1-3H3,(H,17,18,19). The first kappa shape index (κ1) is 14.6. The summed E-state index contributed by atoms with van der Waals surface area (Å²) in [6.07, 6.45) is 1.93. The molecule has 0 amide bonds. The Labute approximate surface area is 124 Å². The van der Waals surface area contributed by atoms with E-state index in [1.54, 1.807) is 7.11 Å². The van der Waals surface area contributed by atoms with Crippen molar-refractivity contribution in [3.05, 3.63) is 35.0 Å². The number of aromatic nitrogens is 2. The highest BCUT2D eigenvalue weighted by molar-refractivity contribution is 6.33. The SMILES string of the molecule is CCCc1cc(NC)nc(-c2c(Cl)cccc2OC)n1. The highest BCUT2D eigenvalue weighted by Gasteiger charge is 2.14. The van der Waals surface area contributed by atoms with Gasteiger partial charge in [-0.25, -0.2) is 9.97 Å². The Kier molecular flexibility index (Phi) is 4.79. The summed E-state index contributed by atoms with van der Waals surface area (Å²) in [5.74, 6) is 2.04. The summed E-state index contributed by atoms with van der Waals surface area (Å²) in [6.45, 7) is 2.12. The van der Waals surface area contributed by atoms with Crippen molar-refractivity contribution in [1.82, 2.24) is 9.97 Å². The number of rotatable bonds is 5. The minimum atomic E-state index is 0.583. The molecule has 0 radical (unpaired) electrons. The van der Waals surface area contributed by atoms with Crippen molar-refractivity contribution < 1.29 is 4.74 Å². The number of methoxy groups -OCH3 is 1. The monoisotopic (exact) mass is 291 g/mol. The van der Waals surface area contributed by atoms with Gasteiger partial charge in [-0.3, -0.25) is 0 Å². The third kappa shape index (κ3) is 3.02. The van der Waals surface area contributed by atoms with Gasteiger partial charge in [0.25, 0.3) is 0 Å². The van der Waals surface area contributed by atoms with Gasteiger partial charge in [-0.2, -0.15) is 0 Å². The molecule has 0 fully saturated rings. The fourth-order valence-corrected chi connectivity index (χ4v) is 2.26. The van der Waals surface area contributed by atoms with Gasteiger partial charge in [-0.15, -0.1) is 0 Å². The van der Waals surface area contributed by atoms with Gasteiger partial charge in [0.15, 0.2) is 5.82 Å². The quantitative estimate of drug-likeness (QED) is 0.910. The van der Waals surface area contributed by atoms with E-state index in [4.69, 9.17) is 16.3 Å². The molecule has 0 aliphatic carbocycles. The van der Waals surface area contributed by atoms with Crippen LogP contribution in [0.2, 0.25) is 5.02 Å². The second-order valence-electron chi connectivity index (χ2n) is 4.39. The molecule has 1 aromatic heterocycles. The van der Waals surface area contributed by atoms with Gasteiger partial charge in [-0.1, -0.05) is 31.0 Å². The zero-order valence-corrected chi connectivity index (χ0v) is 12.7. The average Bonchev–Trinajstić information content (AvgIpc) is 2.46. The molecule has 4 nitrogen and oxygen atoms in total. The maximum Gasteiger partial charge on any atom is 0.167 e. The van der Waals surface area contributed by atoms with Gasteiger partial charge in [0, 0.05) is 18.8 Å². The van der Waals surface area contributed by atoms with Crippen molar-refractivity contribution >= 4 is 17.4 Å². The summed E-state index contributed by atoms with van der Waals surface area (Å²) in [7, 11) is 3.45. The Morgan fingerprint density at radius 3 is 2.75 bits per heavy atom. The van der Waals surface area contributed by atoms with Crippen LogP contribution in [0, 0.1) is 0 Å². The molecule has 0 bridgehead atoms. The fraction of sp³-hybridized carbons (Fsp3) is 0.333. The van der Waals surface area contributed by atoms with E-state index in [-0.39, 0.29) is 0 Å². The molecule has 0 saturated carbocycles. The molecule has 1 heterocycles. The van der Waals surface area contributed by atoms with E-state index in [0.29, 0.717) is 16.6 Å². The number of nitrogens with zero attached hydrogens (tertiary/aromatic N) is 2. The molecule has 0 aliphatic heterocycles. The maximum absolute atomic E-state index is 6.29. The highest BCUT2D eigenvalue weighted by Crippen LogP contribution is 2.34. The second kappa shape index (κ2) is 6.57. The van der Waals surface area contributed by atoms with Crippen molar-refractivity contribution in [1.29, 1.82) is 0 Å². The Bertz CT molecular complexity index is 602. The minimum absolute atomic E-state index is 0.583. The third-order valence-electron chi connectivity index (χ3n) is 2.96. The lowest BCUT2D eigenvalue weighted by Gasteiger charge is -2.11. The molecule has 0 aliphatic rings. The van der Waals surface area contributed by atoms with Gasteiger partial charge in [0.2, 0.25) is 0 Å². The molecule has 0 unspecified atom stereocenters. The number of hydrogen-bond acceptors (Lipinski definition) is 4. The zero-order chi connectivity index (χ0) is 14.5. The molecule has 2 rings (SSSR count). The molecular weight excluding hydrogens is 274 g/mol. The first-order valence-electron chi connectivity index (χ1n) is 6.58. The van der Waals surface area contributed by atoms with Crippen LogP contribution in [0.5, 0.6) is 5.75 Å². The van der Waals surface area contributed by atoms with Gasteiger partial charge < -0.3 is 10.1 Å². The second-order valence-corrected chi connectivity index (χ2v) is 4.79. The highest BCUT2D eigenvalue weighted by atomic mass is 35.5. The Morgan fingerprint density at radius 2 is 2.10 bits per heavy atom. The summed E-state index contributed by atoms with van der Waals surface area (Å²) in [4.78, 5) is 9.08. The van der Waals surface area contributed by atoms with E-state index in [2.05, 4.69) is 22.2 Å². The normalized spacial score (nSPS) is 10.4. The summed E-state index contributed by atoms with van der Waals surface area (Å²) < 4.78 is 5.37. The van der Waals surface area contributed by atoms with Crippen LogP contribution in [0.25, 0.3) is 11.4 Å². The fourth-order valence-electron chi connectivity index (χ4n) is 2.01. The van der Waals surface area contributed by atoms with E-state index in [1.165, 1.54) is 0 Å². The van der Waals surface area contributed by atoms with Crippen molar-refractivity contribution in [3.8, 4) is 17.1 Å². The molecular formula is C15H18ClN3O. The molecule has 106 valence electrons. The topological polar surface area (TPSA) is 47.0 Å². The van der Waals surface area contributed by atoms with Crippen LogP contribution in [-0.2, 0) is 6.42 Å². The predicted octanol–water partition coefficient (Wildman–Crippen LogP) is 3.80. The molecule has 0 saturated heterocycles. The lowest BCUT2D eigenvalue weighted by Crippen LogP contribution is -2.02. The number of hydrogen-bond donors (Lipinski definition) is 1. The third-order valence-corrected chi connectivity index (χ3v) is 3.28. The molecule has 0 spiro atoms. The molecule has 0 atom stereocenters. The molecule has 1 N–H and O–H groups in total. The van der Waals surface area contributed by atoms with Crippen LogP contribution >= 0.6 is 11.6 Å². The van der Waals surface area contributed by atoms with Crippen LogP contribution in [-0.4, -0.2) is 24.1 Å². The van der Waals surface area contributed by atoms with E-state index < -0.39 is 0 Å². The van der Waals surface area contributed by atoms with Crippen LogP contribution in [0.15, 0.2) is 24.3 Å². The van der Waals surface area contributed by atoms with Crippen LogP contribution in [0.3, 0.4) is 0 Å². The van der Waals surface area contributed by atoms with Crippen LogP contribution in [0.4, 0.5) is 5.82 Å². The maximum atomic E-state index is 6.29. The van der Waals surface area contributed by atoms with Gasteiger partial charge in [0.1, 0.15) is 11.6 Å². The molecule has 1 aromatic carbocycles. The van der Waals surface area contributed by atoms with E-state index in [0.717, 1.165) is 29.9 Å². The summed E-state index contributed by atoms with van der Waals surface area (Å²) in [5.41, 5.74) is 1.72. The lowest BCUT2D eigenvalue weighted by molar-refractivity contribution is 0.416. The summed E-state index contributed by atoms with van der Waals surface area (Å²) in [5, 5.41) is 3.64. The number of anilines is 1. The lowest BCUT2D eigenvalue weighted by atomic mass is 10.1. The van der Waals surface area contributed by atoms with Crippen LogP contribution < -0.4 is 10.1 Å². The van der Waals surface area contributed by atoms with Gasteiger partial charge in [0.05, 0.1) is 17.7 Å². The number of nitrogens with one attached hydrogen (secondary N) is 1. The molecule has 20 heavy (non-hydrogen) atoms. The van der Waals surface area contributed by atoms with E-state index in [9.17, 15) is 0 Å². The number of ether oxygens (including phenoxy) is 1. The predicted molar refractivity (Wildman–Crippen MR) is 82.6 cm³/mol. The van der Waals surface area contributed by atoms with E-state index in [1.807, 2.05) is 31.3 Å². The number of aryl methyl sites for hydroxylation is 1. The Balaban J connectivity index is 2.59. The first-order chi connectivity index (χ1) is 9.69. The van der Waals surface area contributed by atoms with Crippen molar-refractivity contribution in [2.45, 2.75) is 19.8 Å². The summed E-state index contributed by atoms with van der Waals surface area (Å²) >= 11 is 6.29. The van der Waals surface area contributed by atoms with E-state index >= 15 is 0 Å². The molecule has 2 aromatic rings. The van der Waals surface area contributed by atoms with Crippen molar-refractivity contribution in [2.24, 2.45) is 0 Å². The van der Waals surface area contributed by atoms with Crippen molar-refractivity contribution in [2.75, 3.05) is 19.5 Å². The van der Waals surface area contributed by atoms with Crippen LogP contribution in [0.1, 0.15) is 19.0 Å². The average molecular weight is 292 g/mol. The Hall–Kier alpha value is -1.81. The van der Waals surface area contributed by atoms with Gasteiger partial charge in [-0.05, 0) is 18.6 Å². The smallest absolute Gasteiger partial charge is 0.167 e. The van der Waals surface area contributed by atoms with Crippen molar-refractivity contribution in [3.63, 3.8) is 0 Å². The largest absolute Gasteiger partial charge is 0.496 e. The summed E-state index contributed by atoms with van der Waals surface area (Å²) in [6, 6.07) is 7.47. The number of benzene rings is 1. The minimum Gasteiger partial charge on any atom is -0.496 e.